The number of hydrogen-bond donors (Lipinski definition) is 2. The lowest BCUT2D eigenvalue weighted by atomic mass is 10.1. The third-order valence-corrected chi connectivity index (χ3v) is 5.85. The molecule has 2 aliphatic rings. The van der Waals surface area contributed by atoms with Crippen LogP contribution in [0.5, 0.6) is 0 Å². The fourth-order valence-electron chi connectivity index (χ4n) is 4.32. The van der Waals surface area contributed by atoms with E-state index in [4.69, 9.17) is 25.9 Å². The van der Waals surface area contributed by atoms with E-state index in [9.17, 15) is 0 Å². The van der Waals surface area contributed by atoms with E-state index in [0.29, 0.717) is 11.2 Å². The van der Waals surface area contributed by atoms with Crippen LogP contribution in [-0.4, -0.2) is 52.4 Å². The fraction of sp³-hybridized carbons (Fsp3) is 0.476. The Balaban J connectivity index is 1.63. The molecule has 0 spiro atoms. The number of benzene rings is 1. The molecule has 2 aromatic heterocycles. The summed E-state index contributed by atoms with van der Waals surface area (Å²) in [6.45, 7) is 6.14. The van der Waals surface area contributed by atoms with Crippen LogP contribution in [0, 0.1) is 6.92 Å². The van der Waals surface area contributed by atoms with Crippen LogP contribution in [0.1, 0.15) is 31.1 Å². The maximum absolute atomic E-state index is 6.14. The summed E-state index contributed by atoms with van der Waals surface area (Å²) in [7, 11) is 0. The van der Waals surface area contributed by atoms with Crippen molar-refractivity contribution in [2.24, 2.45) is 0 Å². The number of nitrogens with two attached hydrogens (primary N) is 2. The average Bonchev–Trinajstić information content (AvgIpc) is 3.14. The second kappa shape index (κ2) is 7.73. The number of aryl methyl sites for hydroxylation is 1. The minimum absolute atomic E-state index is 0.142. The van der Waals surface area contributed by atoms with Gasteiger partial charge in [-0.25, -0.2) is 4.98 Å². The number of anilines is 3. The zero-order valence-corrected chi connectivity index (χ0v) is 17.2. The molecule has 0 saturated carbocycles. The van der Waals surface area contributed by atoms with Gasteiger partial charge in [0.05, 0.1) is 13.2 Å². The quantitative estimate of drug-likeness (QED) is 0.678. The lowest BCUT2D eigenvalue weighted by molar-refractivity contribution is -0.0287. The molecule has 0 aliphatic carbocycles. The fourth-order valence-corrected chi connectivity index (χ4v) is 4.32. The topological polar surface area (TPSA) is 117 Å². The molecule has 9 nitrogen and oxygen atoms in total. The van der Waals surface area contributed by atoms with Crippen molar-refractivity contribution in [3.63, 3.8) is 0 Å². The van der Waals surface area contributed by atoms with Crippen molar-refractivity contribution in [1.29, 1.82) is 0 Å². The highest BCUT2D eigenvalue weighted by molar-refractivity contribution is 5.87. The second-order valence-electron chi connectivity index (χ2n) is 7.86. The number of ether oxygens (including phenoxy) is 2. The molecule has 0 amide bonds. The van der Waals surface area contributed by atoms with Gasteiger partial charge in [0.1, 0.15) is 12.1 Å². The summed E-state index contributed by atoms with van der Waals surface area (Å²) in [6, 6.07) is 6.46. The molecule has 30 heavy (non-hydrogen) atoms. The first kappa shape index (κ1) is 19.1. The van der Waals surface area contributed by atoms with Crippen molar-refractivity contribution in [3.8, 4) is 11.4 Å². The monoisotopic (exact) mass is 409 g/mol. The number of morpholine rings is 1. The van der Waals surface area contributed by atoms with Crippen LogP contribution in [0.2, 0.25) is 0 Å². The highest BCUT2D eigenvalue weighted by atomic mass is 16.5. The summed E-state index contributed by atoms with van der Waals surface area (Å²) in [4.78, 5) is 15.8. The van der Waals surface area contributed by atoms with Gasteiger partial charge in [0, 0.05) is 30.9 Å². The number of fused-ring (bicyclic) bond motifs is 1. The molecule has 0 radical (unpaired) electrons. The van der Waals surface area contributed by atoms with E-state index in [1.165, 1.54) is 5.69 Å². The lowest BCUT2D eigenvalue weighted by Crippen LogP contribution is -2.36. The van der Waals surface area contributed by atoms with Gasteiger partial charge in [-0.1, -0.05) is 0 Å². The molecule has 2 aliphatic heterocycles. The first-order valence-corrected chi connectivity index (χ1v) is 10.5. The largest absolute Gasteiger partial charge is 0.382 e. The average molecular weight is 409 g/mol. The van der Waals surface area contributed by atoms with Crippen molar-refractivity contribution in [1.82, 2.24) is 19.5 Å². The third kappa shape index (κ3) is 3.33. The number of nitrogens with zero attached hydrogens (tertiary/aromatic N) is 5. The molecule has 2 fully saturated rings. The Morgan fingerprint density at radius 2 is 1.87 bits per heavy atom. The van der Waals surface area contributed by atoms with Crippen molar-refractivity contribution >= 4 is 28.6 Å². The van der Waals surface area contributed by atoms with Crippen molar-refractivity contribution in [2.45, 2.75) is 32.4 Å². The second-order valence-corrected chi connectivity index (χ2v) is 7.86. The molecular formula is C21H27N7O2. The van der Waals surface area contributed by atoms with E-state index in [2.05, 4.69) is 40.0 Å². The Labute approximate surface area is 175 Å². The van der Waals surface area contributed by atoms with Crippen LogP contribution >= 0.6 is 0 Å². The molecule has 158 valence electrons. The van der Waals surface area contributed by atoms with E-state index in [1.807, 2.05) is 4.57 Å². The number of rotatable bonds is 3. The van der Waals surface area contributed by atoms with Crippen LogP contribution in [0.25, 0.3) is 22.6 Å². The van der Waals surface area contributed by atoms with Crippen LogP contribution in [-0.2, 0) is 9.47 Å². The third-order valence-electron chi connectivity index (χ3n) is 5.85. The van der Waals surface area contributed by atoms with Crippen molar-refractivity contribution < 1.29 is 9.47 Å². The molecule has 3 aromatic rings. The van der Waals surface area contributed by atoms with Gasteiger partial charge < -0.3 is 25.8 Å². The van der Waals surface area contributed by atoms with E-state index in [-0.39, 0.29) is 18.0 Å². The Kier molecular flexibility index (Phi) is 4.92. The van der Waals surface area contributed by atoms with Gasteiger partial charge in [-0.3, -0.25) is 4.57 Å². The van der Waals surface area contributed by atoms with E-state index >= 15 is 0 Å². The number of hydrogen-bond acceptors (Lipinski definition) is 8. The molecular weight excluding hydrogens is 382 g/mol. The molecule has 9 heteroatoms. The van der Waals surface area contributed by atoms with E-state index < -0.39 is 0 Å². The minimum atomic E-state index is -0.147. The number of nitrogen functional groups attached to an aromatic ring is 2. The summed E-state index contributed by atoms with van der Waals surface area (Å²) in [5, 5.41) is 0. The zero-order chi connectivity index (χ0) is 20.7. The summed E-state index contributed by atoms with van der Waals surface area (Å²) in [5.41, 5.74) is 16.6. The molecule has 4 N–H and O–H groups in total. The summed E-state index contributed by atoms with van der Waals surface area (Å²) in [6.07, 6.45) is 2.90. The lowest BCUT2D eigenvalue weighted by Gasteiger charge is -2.29. The van der Waals surface area contributed by atoms with Crippen LogP contribution in [0.3, 0.4) is 0 Å². The van der Waals surface area contributed by atoms with E-state index in [0.717, 1.165) is 69.1 Å². The van der Waals surface area contributed by atoms with Crippen LogP contribution < -0.4 is 16.4 Å². The maximum Gasteiger partial charge on any atom is 0.224 e. The highest BCUT2D eigenvalue weighted by Gasteiger charge is 2.26. The standard InChI is InChI=1S/C21H27N7O2/c1-13-12-14(27-7-10-29-11-8-27)5-6-15(13)19-24-17-18(22)25-21(23)26-20(17)28(19)16-4-2-3-9-30-16/h5-6,12,16H,2-4,7-11H2,1H3,(H4,22,23,25,26). The van der Waals surface area contributed by atoms with Gasteiger partial charge in [0.15, 0.2) is 17.0 Å². The Morgan fingerprint density at radius 1 is 1.03 bits per heavy atom. The van der Waals surface area contributed by atoms with Gasteiger partial charge in [-0.15, -0.1) is 0 Å². The zero-order valence-electron chi connectivity index (χ0n) is 17.2. The molecule has 0 bridgehead atoms. The Morgan fingerprint density at radius 3 is 2.60 bits per heavy atom. The van der Waals surface area contributed by atoms with E-state index in [1.54, 1.807) is 0 Å². The van der Waals surface area contributed by atoms with Crippen LogP contribution in [0.15, 0.2) is 18.2 Å². The normalized spacial score (nSPS) is 20.0. The maximum atomic E-state index is 6.14. The molecule has 1 unspecified atom stereocenters. The summed E-state index contributed by atoms with van der Waals surface area (Å²) >= 11 is 0. The smallest absolute Gasteiger partial charge is 0.224 e. The first-order chi connectivity index (χ1) is 14.6. The predicted octanol–water partition coefficient (Wildman–Crippen LogP) is 2.50. The Hall–Kier alpha value is -2.91. The number of imidazole rings is 1. The molecule has 5 rings (SSSR count). The minimum Gasteiger partial charge on any atom is -0.382 e. The molecule has 1 aromatic carbocycles. The molecule has 2 saturated heterocycles. The highest BCUT2D eigenvalue weighted by Crippen LogP contribution is 2.36. The predicted molar refractivity (Wildman–Crippen MR) is 116 cm³/mol. The van der Waals surface area contributed by atoms with Gasteiger partial charge in [0.2, 0.25) is 5.95 Å². The van der Waals surface area contributed by atoms with Crippen molar-refractivity contribution in [3.05, 3.63) is 23.8 Å². The summed E-state index contributed by atoms with van der Waals surface area (Å²) < 4.78 is 13.6. The SMILES string of the molecule is Cc1cc(N2CCOCC2)ccc1-c1nc2c(N)nc(N)nc2n1C1CCCCO1. The van der Waals surface area contributed by atoms with Gasteiger partial charge in [-0.2, -0.15) is 9.97 Å². The van der Waals surface area contributed by atoms with Gasteiger partial charge in [0.25, 0.3) is 0 Å². The summed E-state index contributed by atoms with van der Waals surface area (Å²) in [5.74, 6) is 1.22. The van der Waals surface area contributed by atoms with Gasteiger partial charge in [-0.05, 0) is 49.9 Å². The number of aromatic nitrogens is 4. The molecule has 1 atom stereocenters. The first-order valence-electron chi connectivity index (χ1n) is 10.5. The Bertz CT molecular complexity index is 1070. The van der Waals surface area contributed by atoms with Gasteiger partial charge >= 0.3 is 0 Å². The molecule has 4 heterocycles. The van der Waals surface area contributed by atoms with Crippen LogP contribution in [0.4, 0.5) is 17.5 Å². The van der Waals surface area contributed by atoms with Crippen molar-refractivity contribution in [2.75, 3.05) is 49.3 Å².